The number of nitrogens with one attached hydrogen (secondary N) is 1. The lowest BCUT2D eigenvalue weighted by Crippen LogP contribution is -2.34. The largest absolute Gasteiger partial charge is 0.327 e. The van der Waals surface area contributed by atoms with E-state index in [9.17, 15) is 4.79 Å². The molecule has 1 saturated carbocycles. The summed E-state index contributed by atoms with van der Waals surface area (Å²) in [7, 11) is 0. The van der Waals surface area contributed by atoms with Crippen molar-refractivity contribution >= 4 is 24.0 Å². The lowest BCUT2D eigenvalue weighted by Gasteiger charge is -2.13. The SMILES string of the molecule is CCn1cc(NC(=O)C2CCCC2N)cn1.Cl. The molecule has 6 heteroatoms. The van der Waals surface area contributed by atoms with Crippen LogP contribution in [-0.4, -0.2) is 21.7 Å². The van der Waals surface area contributed by atoms with Crippen LogP contribution in [0.25, 0.3) is 0 Å². The zero-order valence-corrected chi connectivity index (χ0v) is 10.7. The Hall–Kier alpha value is -1.07. The maximum absolute atomic E-state index is 11.9. The van der Waals surface area contributed by atoms with Gasteiger partial charge in [0, 0.05) is 18.8 Å². The molecule has 2 unspecified atom stereocenters. The van der Waals surface area contributed by atoms with E-state index < -0.39 is 0 Å². The first-order chi connectivity index (χ1) is 7.70. The number of amides is 1. The van der Waals surface area contributed by atoms with Crippen LogP contribution in [0.4, 0.5) is 5.69 Å². The third-order valence-corrected chi connectivity index (χ3v) is 3.13. The summed E-state index contributed by atoms with van der Waals surface area (Å²) in [6.07, 6.45) is 6.40. The van der Waals surface area contributed by atoms with E-state index in [2.05, 4.69) is 10.4 Å². The molecule has 0 saturated heterocycles. The number of rotatable bonds is 3. The molecule has 5 nitrogen and oxygen atoms in total. The maximum atomic E-state index is 11.9. The predicted octanol–water partition coefficient (Wildman–Crippen LogP) is 1.39. The van der Waals surface area contributed by atoms with Crippen molar-refractivity contribution in [3.8, 4) is 0 Å². The van der Waals surface area contributed by atoms with Crippen molar-refractivity contribution in [2.24, 2.45) is 11.7 Å². The highest BCUT2D eigenvalue weighted by Crippen LogP contribution is 2.25. The molecule has 2 atom stereocenters. The van der Waals surface area contributed by atoms with E-state index in [-0.39, 0.29) is 30.3 Å². The van der Waals surface area contributed by atoms with Crippen molar-refractivity contribution in [2.75, 3.05) is 5.32 Å². The molecule has 0 radical (unpaired) electrons. The Kier molecular flexibility index (Phi) is 4.96. The van der Waals surface area contributed by atoms with Crippen molar-refractivity contribution in [3.63, 3.8) is 0 Å². The van der Waals surface area contributed by atoms with Crippen LogP contribution in [0.3, 0.4) is 0 Å². The van der Waals surface area contributed by atoms with Crippen molar-refractivity contribution in [3.05, 3.63) is 12.4 Å². The van der Waals surface area contributed by atoms with Gasteiger partial charge in [-0.1, -0.05) is 6.42 Å². The molecule has 0 bridgehead atoms. The van der Waals surface area contributed by atoms with Crippen molar-refractivity contribution in [1.29, 1.82) is 0 Å². The molecular formula is C11H19ClN4O. The Morgan fingerprint density at radius 1 is 1.65 bits per heavy atom. The van der Waals surface area contributed by atoms with Crippen LogP contribution in [-0.2, 0) is 11.3 Å². The third-order valence-electron chi connectivity index (χ3n) is 3.13. The molecule has 0 spiro atoms. The highest BCUT2D eigenvalue weighted by atomic mass is 35.5. The molecule has 1 amide bonds. The quantitative estimate of drug-likeness (QED) is 0.861. The fourth-order valence-corrected chi connectivity index (χ4v) is 2.15. The van der Waals surface area contributed by atoms with Gasteiger partial charge < -0.3 is 11.1 Å². The highest BCUT2D eigenvalue weighted by molar-refractivity contribution is 5.92. The molecule has 1 aromatic heterocycles. The second kappa shape index (κ2) is 6.02. The first-order valence-corrected chi connectivity index (χ1v) is 5.79. The number of nitrogens with zero attached hydrogens (tertiary/aromatic N) is 2. The van der Waals surface area contributed by atoms with Crippen LogP contribution in [0.1, 0.15) is 26.2 Å². The van der Waals surface area contributed by atoms with Gasteiger partial charge in [-0.3, -0.25) is 9.48 Å². The van der Waals surface area contributed by atoms with Gasteiger partial charge in [-0.2, -0.15) is 5.10 Å². The lowest BCUT2D eigenvalue weighted by atomic mass is 10.0. The van der Waals surface area contributed by atoms with E-state index >= 15 is 0 Å². The zero-order valence-electron chi connectivity index (χ0n) is 9.93. The molecular weight excluding hydrogens is 240 g/mol. The van der Waals surface area contributed by atoms with Gasteiger partial charge in [-0.05, 0) is 19.8 Å². The number of carbonyl (C=O) groups excluding carboxylic acids is 1. The molecule has 1 aliphatic rings. The molecule has 17 heavy (non-hydrogen) atoms. The van der Waals surface area contributed by atoms with Crippen molar-refractivity contribution in [2.45, 2.75) is 38.8 Å². The number of hydrogen-bond acceptors (Lipinski definition) is 3. The molecule has 2 rings (SSSR count). The van der Waals surface area contributed by atoms with Crippen LogP contribution in [0.15, 0.2) is 12.4 Å². The van der Waals surface area contributed by atoms with Gasteiger partial charge in [0.15, 0.2) is 0 Å². The number of halogens is 1. The van der Waals surface area contributed by atoms with Gasteiger partial charge in [0.25, 0.3) is 0 Å². The topological polar surface area (TPSA) is 72.9 Å². The fourth-order valence-electron chi connectivity index (χ4n) is 2.15. The van der Waals surface area contributed by atoms with E-state index in [1.807, 2.05) is 13.1 Å². The average Bonchev–Trinajstić information content (AvgIpc) is 2.86. The fraction of sp³-hybridized carbons (Fsp3) is 0.636. The summed E-state index contributed by atoms with van der Waals surface area (Å²) in [5, 5.41) is 6.97. The monoisotopic (exact) mass is 258 g/mol. The summed E-state index contributed by atoms with van der Waals surface area (Å²) in [6.45, 7) is 2.81. The van der Waals surface area contributed by atoms with Gasteiger partial charge in [0.2, 0.25) is 5.91 Å². The smallest absolute Gasteiger partial charge is 0.229 e. The first-order valence-electron chi connectivity index (χ1n) is 5.79. The molecule has 0 aliphatic heterocycles. The van der Waals surface area contributed by atoms with E-state index in [1.54, 1.807) is 10.9 Å². The number of anilines is 1. The summed E-state index contributed by atoms with van der Waals surface area (Å²) >= 11 is 0. The standard InChI is InChI=1S/C11H18N4O.ClH/c1-2-15-7-8(6-13-15)14-11(16)9-4-3-5-10(9)12;/h6-7,9-10H,2-5,12H2,1H3,(H,14,16);1H. The van der Waals surface area contributed by atoms with Crippen LogP contribution < -0.4 is 11.1 Å². The van der Waals surface area contributed by atoms with Gasteiger partial charge in [-0.25, -0.2) is 0 Å². The minimum Gasteiger partial charge on any atom is -0.327 e. The second-order valence-electron chi connectivity index (χ2n) is 4.28. The normalized spacial score (nSPS) is 23.2. The molecule has 96 valence electrons. The van der Waals surface area contributed by atoms with Crippen LogP contribution in [0.5, 0.6) is 0 Å². The number of hydrogen-bond donors (Lipinski definition) is 2. The van der Waals surface area contributed by atoms with E-state index in [0.717, 1.165) is 31.5 Å². The maximum Gasteiger partial charge on any atom is 0.229 e. The molecule has 1 heterocycles. The Labute approximate surface area is 107 Å². The average molecular weight is 259 g/mol. The Balaban J connectivity index is 0.00000144. The Morgan fingerprint density at radius 2 is 2.41 bits per heavy atom. The van der Waals surface area contributed by atoms with Crippen LogP contribution in [0.2, 0.25) is 0 Å². The molecule has 0 aromatic carbocycles. The summed E-state index contributed by atoms with van der Waals surface area (Å²) in [6, 6.07) is 0.0150. The van der Waals surface area contributed by atoms with Gasteiger partial charge >= 0.3 is 0 Å². The van der Waals surface area contributed by atoms with Crippen molar-refractivity contribution < 1.29 is 4.79 Å². The summed E-state index contributed by atoms with van der Waals surface area (Å²) < 4.78 is 1.78. The Bertz CT molecular complexity index is 379. The first kappa shape index (κ1) is 14.0. The van der Waals surface area contributed by atoms with Crippen molar-refractivity contribution in [1.82, 2.24) is 9.78 Å². The summed E-state index contributed by atoms with van der Waals surface area (Å²) in [4.78, 5) is 11.9. The molecule has 3 N–H and O–H groups in total. The van der Waals surface area contributed by atoms with E-state index in [0.29, 0.717) is 0 Å². The summed E-state index contributed by atoms with van der Waals surface area (Å²) in [5.74, 6) is -0.00868. The number of aromatic nitrogens is 2. The van der Waals surface area contributed by atoms with Gasteiger partial charge in [0.05, 0.1) is 17.8 Å². The second-order valence-corrected chi connectivity index (χ2v) is 4.28. The minimum absolute atomic E-state index is 0. The number of carbonyl (C=O) groups is 1. The minimum atomic E-state index is -0.0371. The molecule has 1 fully saturated rings. The third kappa shape index (κ3) is 3.20. The molecule has 1 aromatic rings. The van der Waals surface area contributed by atoms with Gasteiger partial charge in [0.1, 0.15) is 0 Å². The van der Waals surface area contributed by atoms with Crippen LogP contribution in [0, 0.1) is 5.92 Å². The highest BCUT2D eigenvalue weighted by Gasteiger charge is 2.30. The zero-order chi connectivity index (χ0) is 11.5. The molecule has 1 aliphatic carbocycles. The number of aryl methyl sites for hydroxylation is 1. The van der Waals surface area contributed by atoms with Crippen LogP contribution >= 0.6 is 12.4 Å². The number of nitrogens with two attached hydrogens (primary N) is 1. The van der Waals surface area contributed by atoms with E-state index in [1.165, 1.54) is 0 Å². The van der Waals surface area contributed by atoms with E-state index in [4.69, 9.17) is 5.73 Å². The summed E-state index contributed by atoms with van der Waals surface area (Å²) in [5.41, 5.74) is 6.64. The Morgan fingerprint density at radius 3 is 2.94 bits per heavy atom. The van der Waals surface area contributed by atoms with Gasteiger partial charge in [-0.15, -0.1) is 12.4 Å². The predicted molar refractivity (Wildman–Crippen MR) is 69.1 cm³/mol. The lowest BCUT2D eigenvalue weighted by molar-refractivity contribution is -0.120.